The van der Waals surface area contributed by atoms with E-state index in [1.807, 2.05) is 0 Å². The average Bonchev–Trinajstić information content (AvgIpc) is 3.19. The Morgan fingerprint density at radius 3 is 2.37 bits per heavy atom. The van der Waals surface area contributed by atoms with Gasteiger partial charge in [0.05, 0.1) is 37.2 Å². The summed E-state index contributed by atoms with van der Waals surface area (Å²) in [6.45, 7) is 4.29. The van der Waals surface area contributed by atoms with Crippen molar-refractivity contribution >= 4 is 28.9 Å². The fraction of sp³-hybridized carbons (Fsp3) is 0.484. The molecule has 0 saturated carbocycles. The summed E-state index contributed by atoms with van der Waals surface area (Å²) < 4.78 is 44.4. The number of rotatable bonds is 5. The second-order valence-electron chi connectivity index (χ2n) is 12.2. The zero-order chi connectivity index (χ0) is 31.3. The fourth-order valence-electron chi connectivity index (χ4n) is 6.00. The number of carbonyl (C=O) groups excluding carboxylic acids is 3. The Balaban J connectivity index is 1.46. The highest BCUT2D eigenvalue weighted by Crippen LogP contribution is 2.43. The molecule has 2 fully saturated rings. The first-order chi connectivity index (χ1) is 20.2. The van der Waals surface area contributed by atoms with Gasteiger partial charge in [0.1, 0.15) is 17.4 Å². The predicted molar refractivity (Wildman–Crippen MR) is 154 cm³/mol. The highest BCUT2D eigenvalue weighted by molar-refractivity contribution is 6.00. The van der Waals surface area contributed by atoms with E-state index in [1.54, 1.807) is 70.3 Å². The zero-order valence-electron chi connectivity index (χ0n) is 24.9. The number of carbonyl (C=O) groups is 3. The first-order valence-corrected chi connectivity index (χ1v) is 14.2. The van der Waals surface area contributed by atoms with Crippen molar-refractivity contribution in [3.63, 3.8) is 0 Å². The van der Waals surface area contributed by atoms with Crippen LogP contribution in [0.25, 0.3) is 11.0 Å². The summed E-state index contributed by atoms with van der Waals surface area (Å²) in [7, 11) is 3.03. The van der Waals surface area contributed by atoms with Gasteiger partial charge in [-0.15, -0.1) is 0 Å². The summed E-state index contributed by atoms with van der Waals surface area (Å²) in [6, 6.07) is 10.8. The molecular formula is C31H36F2N4O6. The molecule has 5 rings (SSSR count). The van der Waals surface area contributed by atoms with Crippen molar-refractivity contribution in [3.05, 3.63) is 64.1 Å². The normalized spacial score (nSPS) is 20.9. The molecule has 1 unspecified atom stereocenters. The topological polar surface area (TPSA) is 103 Å². The van der Waals surface area contributed by atoms with Crippen molar-refractivity contribution in [2.24, 2.45) is 7.05 Å². The van der Waals surface area contributed by atoms with Crippen LogP contribution in [-0.2, 0) is 27.9 Å². The summed E-state index contributed by atoms with van der Waals surface area (Å²) in [5.41, 5.74) is 0.270. The number of para-hydroxylation sites is 1. The molecule has 0 radical (unpaired) electrons. The number of hydrogen-bond donors (Lipinski definition) is 0. The van der Waals surface area contributed by atoms with Crippen molar-refractivity contribution in [1.82, 2.24) is 18.9 Å². The highest BCUT2D eigenvalue weighted by atomic mass is 19.3. The molecule has 0 N–H and O–H groups in total. The van der Waals surface area contributed by atoms with E-state index in [0.717, 1.165) is 15.4 Å². The van der Waals surface area contributed by atoms with Crippen LogP contribution < -0.4 is 10.4 Å². The maximum absolute atomic E-state index is 15.7. The third-order valence-corrected chi connectivity index (χ3v) is 8.06. The van der Waals surface area contributed by atoms with Gasteiger partial charge in [-0.05, 0) is 62.9 Å². The minimum atomic E-state index is -3.30. The van der Waals surface area contributed by atoms with Gasteiger partial charge in [0.25, 0.3) is 11.8 Å². The number of fused-ring (bicyclic) bond motifs is 1. The average molecular weight is 599 g/mol. The van der Waals surface area contributed by atoms with E-state index in [9.17, 15) is 19.2 Å². The highest BCUT2D eigenvalue weighted by Gasteiger charge is 2.48. The number of benzene rings is 2. The van der Waals surface area contributed by atoms with Crippen LogP contribution in [0.2, 0.25) is 0 Å². The van der Waals surface area contributed by atoms with Gasteiger partial charge in [-0.2, -0.15) is 0 Å². The van der Waals surface area contributed by atoms with Gasteiger partial charge in [0.15, 0.2) is 0 Å². The maximum atomic E-state index is 15.7. The number of methoxy groups -OCH3 is 1. The number of aromatic nitrogens is 2. The maximum Gasteiger partial charge on any atom is 0.410 e. The van der Waals surface area contributed by atoms with Crippen LogP contribution in [0.5, 0.6) is 5.75 Å². The summed E-state index contributed by atoms with van der Waals surface area (Å²) in [4.78, 5) is 54.8. The van der Waals surface area contributed by atoms with E-state index in [1.165, 1.54) is 16.2 Å². The number of nitrogens with zero attached hydrogens (tertiary/aromatic N) is 4. The third-order valence-electron chi connectivity index (χ3n) is 8.06. The van der Waals surface area contributed by atoms with Crippen molar-refractivity contribution in [2.75, 3.05) is 20.2 Å². The largest absolute Gasteiger partial charge is 0.497 e. The van der Waals surface area contributed by atoms with Crippen LogP contribution in [0.15, 0.2) is 47.3 Å². The van der Waals surface area contributed by atoms with Crippen molar-refractivity contribution < 1.29 is 32.6 Å². The van der Waals surface area contributed by atoms with Gasteiger partial charge in [-0.3, -0.25) is 23.6 Å². The van der Waals surface area contributed by atoms with Crippen molar-refractivity contribution in [2.45, 2.75) is 70.1 Å². The predicted octanol–water partition coefficient (Wildman–Crippen LogP) is 4.60. The number of ether oxygens (including phenoxy) is 2. The van der Waals surface area contributed by atoms with E-state index in [4.69, 9.17) is 9.47 Å². The number of imide groups is 1. The lowest BCUT2D eigenvalue weighted by atomic mass is 9.85. The van der Waals surface area contributed by atoms with E-state index >= 15 is 8.78 Å². The van der Waals surface area contributed by atoms with E-state index < -0.39 is 47.7 Å². The Hall–Kier alpha value is -4.22. The number of likely N-dealkylation sites (tertiary alicyclic amines) is 2. The summed E-state index contributed by atoms with van der Waals surface area (Å²) in [5.74, 6) is -4.81. The second kappa shape index (κ2) is 11.1. The van der Waals surface area contributed by atoms with E-state index in [-0.39, 0.29) is 43.8 Å². The van der Waals surface area contributed by atoms with Gasteiger partial charge < -0.3 is 14.4 Å². The molecule has 3 amide bonds. The van der Waals surface area contributed by atoms with Gasteiger partial charge in [0.2, 0.25) is 5.91 Å². The lowest BCUT2D eigenvalue weighted by molar-refractivity contribution is -0.151. The van der Waals surface area contributed by atoms with Crippen LogP contribution >= 0.6 is 0 Å². The number of alkyl halides is 2. The Labute approximate surface area is 247 Å². The number of amides is 3. The first-order valence-electron chi connectivity index (χ1n) is 14.2. The molecule has 2 aromatic carbocycles. The molecule has 10 nitrogen and oxygen atoms in total. The van der Waals surface area contributed by atoms with Gasteiger partial charge >= 0.3 is 11.8 Å². The Kier molecular flexibility index (Phi) is 7.82. The van der Waals surface area contributed by atoms with E-state index in [2.05, 4.69) is 0 Å². The minimum absolute atomic E-state index is 0.0331. The molecule has 2 saturated heterocycles. The van der Waals surface area contributed by atoms with Crippen LogP contribution in [0.3, 0.4) is 0 Å². The van der Waals surface area contributed by atoms with Gasteiger partial charge in [-0.25, -0.2) is 18.4 Å². The molecule has 1 aromatic heterocycles. The third kappa shape index (κ3) is 5.74. The number of piperidine rings is 2. The molecule has 3 aromatic rings. The molecule has 12 heteroatoms. The second-order valence-corrected chi connectivity index (χ2v) is 12.2. The van der Waals surface area contributed by atoms with E-state index in [0.29, 0.717) is 16.8 Å². The molecule has 0 spiro atoms. The van der Waals surface area contributed by atoms with Crippen LogP contribution in [0.4, 0.5) is 13.6 Å². The van der Waals surface area contributed by atoms with Crippen molar-refractivity contribution in [3.8, 4) is 5.75 Å². The molecule has 2 atom stereocenters. The molecular weight excluding hydrogens is 562 g/mol. The lowest BCUT2D eigenvalue weighted by Gasteiger charge is -2.39. The first kappa shape index (κ1) is 30.2. The zero-order valence-corrected chi connectivity index (χ0v) is 24.9. The Bertz CT molecular complexity index is 1620. The van der Waals surface area contributed by atoms with Gasteiger partial charge in [-0.1, -0.05) is 24.3 Å². The molecule has 0 aliphatic carbocycles. The summed E-state index contributed by atoms with van der Waals surface area (Å²) >= 11 is 0. The van der Waals surface area contributed by atoms with Crippen LogP contribution in [0.1, 0.15) is 63.1 Å². The number of imidazole rings is 1. The fourth-order valence-corrected chi connectivity index (χ4v) is 6.00. The lowest BCUT2D eigenvalue weighted by Crippen LogP contribution is -2.51. The number of halogens is 2. The molecule has 0 bridgehead atoms. The van der Waals surface area contributed by atoms with Crippen LogP contribution in [-0.4, -0.2) is 68.6 Å². The smallest absolute Gasteiger partial charge is 0.410 e. The number of aryl methyl sites for hydroxylation is 1. The van der Waals surface area contributed by atoms with Crippen molar-refractivity contribution in [1.29, 1.82) is 0 Å². The Morgan fingerprint density at radius 1 is 1.05 bits per heavy atom. The monoisotopic (exact) mass is 598 g/mol. The van der Waals surface area contributed by atoms with Gasteiger partial charge in [0, 0.05) is 20.0 Å². The minimum Gasteiger partial charge on any atom is -0.497 e. The molecule has 230 valence electrons. The molecule has 43 heavy (non-hydrogen) atoms. The summed E-state index contributed by atoms with van der Waals surface area (Å²) in [5, 5.41) is 0. The summed E-state index contributed by atoms with van der Waals surface area (Å²) in [6.07, 6.45) is -0.676. The Morgan fingerprint density at radius 2 is 1.74 bits per heavy atom. The van der Waals surface area contributed by atoms with Crippen LogP contribution in [0, 0.1) is 0 Å². The SMILES string of the molecule is COc1ccc(CN2C(=O)CCC(n3c(=O)n(C)c4c([C@@H]5CCN(C(=O)OC(C)(C)C)CC5(F)F)cccc43)C2=O)cc1. The number of hydrogen-bond acceptors (Lipinski definition) is 6. The molecule has 2 aliphatic heterocycles. The standard InChI is InChI=1S/C31H36F2N4O6/c1-30(2,3)43-29(41)35-16-15-22(31(32,33)18-35)21-7-6-8-23-26(21)34(4)28(40)37(23)24-13-14-25(38)36(27(24)39)17-19-9-11-20(42-5)12-10-19/h6-12,22,24H,13-18H2,1-5H3/t22-,24?/m0/s1. The molecule has 3 heterocycles. The molecule has 2 aliphatic rings. The quantitative estimate of drug-likeness (QED) is 0.398.